The predicted octanol–water partition coefficient (Wildman–Crippen LogP) is 11.8. The van der Waals surface area contributed by atoms with Gasteiger partial charge >= 0.3 is 75.0 Å². The molecule has 0 N–H and O–H groups in total. The zero-order valence-corrected chi connectivity index (χ0v) is 48.0. The van der Waals surface area contributed by atoms with Crippen molar-refractivity contribution in [1.29, 1.82) is 0 Å². The van der Waals surface area contributed by atoms with Crippen LogP contribution < -0.4 is 0 Å². The average Bonchev–Trinajstić information content (AvgIpc) is 4.13. The zero-order chi connectivity index (χ0) is 44.2. The number of hydrogen-bond donors (Lipinski definition) is 0. The normalized spacial score (nSPS) is 45.9. The number of esters is 1. The van der Waals surface area contributed by atoms with Crippen molar-refractivity contribution in [1.82, 2.24) is 0 Å². The van der Waals surface area contributed by atoms with Crippen molar-refractivity contribution < 1.29 is 54.8 Å². The minimum atomic E-state index is -3.91. The summed E-state index contributed by atoms with van der Waals surface area (Å²) in [6.45, 7) is 6.32. The molecule has 6 aliphatic heterocycles. The monoisotopic (exact) mass is 1040 g/mol. The fourth-order valence-electron chi connectivity index (χ4n) is 15.0. The molecule has 0 radical (unpaired) electrons. The van der Waals surface area contributed by atoms with Gasteiger partial charge in [-0.25, -0.2) is 0 Å². The van der Waals surface area contributed by atoms with E-state index in [2.05, 4.69) is 6.92 Å². The van der Waals surface area contributed by atoms with Gasteiger partial charge in [0.05, 0.1) is 12.0 Å². The highest BCUT2D eigenvalue weighted by atomic mass is 29.3. The van der Waals surface area contributed by atoms with Gasteiger partial charge in [0.15, 0.2) is 0 Å². The van der Waals surface area contributed by atoms with Gasteiger partial charge in [-0.2, -0.15) is 0 Å². The summed E-state index contributed by atoms with van der Waals surface area (Å²) in [5, 5.41) is 0. The van der Waals surface area contributed by atoms with E-state index in [1.165, 1.54) is 0 Å². The van der Waals surface area contributed by atoms with E-state index in [-0.39, 0.29) is 51.4 Å². The maximum atomic E-state index is 13.7. The largest absolute Gasteiger partial charge is 0.482 e. The van der Waals surface area contributed by atoms with E-state index < -0.39 is 74.4 Å². The first kappa shape index (κ1) is 46.8. The van der Waals surface area contributed by atoms with E-state index in [0.29, 0.717) is 18.9 Å². The highest BCUT2D eigenvalue weighted by Crippen LogP contribution is 2.68. The average molecular weight is 1040 g/mol. The van der Waals surface area contributed by atoms with Gasteiger partial charge in [-0.1, -0.05) is 96.8 Å². The molecule has 7 aliphatic carbocycles. The van der Waals surface area contributed by atoms with E-state index in [1.807, 2.05) is 13.8 Å². The maximum Gasteiger partial charge on any atom is 0.482 e. The first-order valence-corrected chi connectivity index (χ1v) is 43.1. The van der Waals surface area contributed by atoms with E-state index >= 15 is 0 Å². The Kier molecular flexibility index (Phi) is 12.6. The fraction of sp³-hybridized carbons (Fsp3) is 0.977. The highest BCUT2D eigenvalue weighted by Gasteiger charge is 2.92. The van der Waals surface area contributed by atoms with Crippen LogP contribution in [0, 0.1) is 5.41 Å². The standard InChI is InChI=1S/C44H80O13Si8/c1-4-44(2,3)43(45)46-34-19-35-58-47-59(36-20-5-6-21-36)49-61(38-24-9-10-25-38)50-60(48-58,37-22-7-8-23-37)52-64(41-30-15-16-31-41)55-62(53-61,39-26-11-12-27-39)54-63(51-59,40-28-13-14-29-40)56-65(58,57-64)42-32-17-18-33-42/h36-42H,4-35H2,1-3H3. The third-order valence-corrected chi connectivity index (χ3v) is 66.6. The van der Waals surface area contributed by atoms with E-state index in [9.17, 15) is 4.79 Å². The lowest BCUT2D eigenvalue weighted by molar-refractivity contribution is -0.154. The zero-order valence-electron chi connectivity index (χ0n) is 40.0. The van der Waals surface area contributed by atoms with Gasteiger partial charge in [-0.15, -0.1) is 0 Å². The van der Waals surface area contributed by atoms with Crippen LogP contribution in [0.4, 0.5) is 0 Å². The van der Waals surface area contributed by atoms with Gasteiger partial charge in [0.1, 0.15) is 0 Å². The number of ether oxygens (including phenoxy) is 1. The molecule has 6 heterocycles. The van der Waals surface area contributed by atoms with E-state index in [4.69, 9.17) is 50.0 Å². The van der Waals surface area contributed by atoms with Gasteiger partial charge in [0.2, 0.25) is 0 Å². The molecule has 0 spiro atoms. The van der Waals surface area contributed by atoms with Gasteiger partial charge in [0, 0.05) is 38.8 Å². The molecule has 13 fully saturated rings. The second-order valence-electron chi connectivity index (χ2n) is 23.5. The molecule has 0 aromatic heterocycles. The van der Waals surface area contributed by atoms with Crippen LogP contribution in [-0.2, 0) is 54.8 Å². The molecule has 65 heavy (non-hydrogen) atoms. The summed E-state index contributed by atoms with van der Waals surface area (Å²) >= 11 is 0. The van der Waals surface area contributed by atoms with Gasteiger partial charge in [-0.3, -0.25) is 4.79 Å². The molecule has 6 saturated heterocycles. The lowest BCUT2D eigenvalue weighted by atomic mass is 9.91. The van der Waals surface area contributed by atoms with Crippen molar-refractivity contribution in [3.8, 4) is 0 Å². The van der Waals surface area contributed by atoms with Crippen LogP contribution in [0.5, 0.6) is 0 Å². The molecule has 8 bridgehead atoms. The Labute approximate surface area is 397 Å². The van der Waals surface area contributed by atoms with Crippen LogP contribution in [0.25, 0.3) is 0 Å². The Morgan fingerprint density at radius 1 is 0.415 bits per heavy atom. The van der Waals surface area contributed by atoms with Gasteiger partial charge in [-0.05, 0) is 123 Å². The van der Waals surface area contributed by atoms with Crippen molar-refractivity contribution in [3.63, 3.8) is 0 Å². The smallest absolute Gasteiger partial charge is 0.465 e. The molecular formula is C44H80O13Si8. The van der Waals surface area contributed by atoms with Crippen LogP contribution in [-0.4, -0.2) is 81.6 Å². The lowest BCUT2D eigenvalue weighted by Crippen LogP contribution is -2.83. The summed E-state index contributed by atoms with van der Waals surface area (Å²) < 4.78 is 101. The number of rotatable bonds is 13. The quantitative estimate of drug-likeness (QED) is 0.0987. The maximum absolute atomic E-state index is 13.7. The molecule has 4 unspecified atom stereocenters. The van der Waals surface area contributed by atoms with Gasteiger partial charge < -0.3 is 50.0 Å². The molecule has 7 saturated carbocycles. The molecule has 13 rings (SSSR count). The number of hydrogen-bond acceptors (Lipinski definition) is 13. The lowest BCUT2D eigenvalue weighted by Gasteiger charge is -2.60. The Balaban J connectivity index is 1.15. The van der Waals surface area contributed by atoms with Crippen LogP contribution in [0.2, 0.25) is 44.8 Å². The van der Waals surface area contributed by atoms with Crippen molar-refractivity contribution in [2.24, 2.45) is 5.41 Å². The summed E-state index contributed by atoms with van der Waals surface area (Å²) in [5.41, 5.74) is 0.00294. The second-order valence-corrected chi connectivity index (χ2v) is 53.2. The van der Waals surface area contributed by atoms with Crippen LogP contribution >= 0.6 is 0 Å². The van der Waals surface area contributed by atoms with Crippen LogP contribution in [0.15, 0.2) is 0 Å². The Bertz CT molecular complexity index is 1690. The van der Waals surface area contributed by atoms with Crippen molar-refractivity contribution in [2.45, 2.75) is 258 Å². The minimum absolute atomic E-state index is 0.0666. The molecule has 13 nitrogen and oxygen atoms in total. The summed E-state index contributed by atoms with van der Waals surface area (Å²) in [6, 6.07) is 0.562. The summed E-state index contributed by atoms with van der Waals surface area (Å²) in [5.74, 6) is -0.154. The van der Waals surface area contributed by atoms with E-state index in [1.54, 1.807) is 0 Å². The number of carbonyl (C=O) groups is 1. The van der Waals surface area contributed by atoms with Crippen molar-refractivity contribution in [3.05, 3.63) is 0 Å². The predicted molar refractivity (Wildman–Crippen MR) is 258 cm³/mol. The minimum Gasteiger partial charge on any atom is -0.465 e. The van der Waals surface area contributed by atoms with Crippen molar-refractivity contribution in [2.75, 3.05) is 6.61 Å². The fourth-order valence-corrected chi connectivity index (χ4v) is 84.8. The molecule has 366 valence electrons. The first-order chi connectivity index (χ1) is 31.5. The number of carbonyl (C=O) groups excluding carboxylic acids is 1. The summed E-state index contributed by atoms with van der Waals surface area (Å²) in [4.78, 5) is 13.7. The molecule has 4 atom stereocenters. The Morgan fingerprint density at radius 3 is 0.969 bits per heavy atom. The summed E-state index contributed by atoms with van der Waals surface area (Å²) in [6.07, 6.45) is 30.8. The highest BCUT2D eigenvalue weighted by molar-refractivity contribution is 7.38. The van der Waals surface area contributed by atoms with E-state index in [0.717, 1.165) is 180 Å². The first-order valence-electron chi connectivity index (χ1n) is 27.3. The molecule has 21 heteroatoms. The molecule has 0 amide bonds. The van der Waals surface area contributed by atoms with Crippen LogP contribution in [0.3, 0.4) is 0 Å². The third kappa shape index (κ3) is 7.56. The van der Waals surface area contributed by atoms with Gasteiger partial charge in [0.25, 0.3) is 0 Å². The molecule has 0 aromatic rings. The molecular weight excluding hydrogens is 961 g/mol. The Morgan fingerprint density at radius 2 is 0.677 bits per heavy atom. The molecule has 0 aromatic carbocycles. The third-order valence-electron chi connectivity index (χ3n) is 19.1. The SMILES string of the molecule is CCC(C)(C)C(=O)OCCC[Si]12O[Si]3(C4CCCC4)O[Si]4(C5CCCC5)O[Si]5(C6CCCC6)O[Si](C6CCCC6)(O3)O[Si]1(C1CCCC1)O[Si](C1CCCC1)(O5)O[Si](C1CCCC1)(O4)O2. The second kappa shape index (κ2) is 17.5. The topological polar surface area (TPSA) is 128 Å². The Hall–Kier alpha value is 0.765. The molecule has 13 aliphatic rings. The van der Waals surface area contributed by atoms with Crippen LogP contribution in [0.1, 0.15) is 213 Å². The van der Waals surface area contributed by atoms with Crippen molar-refractivity contribution >= 4 is 75.0 Å². The summed E-state index contributed by atoms with van der Waals surface area (Å²) in [7, 11) is -31.1.